The molecule has 8 aromatic rings. The van der Waals surface area contributed by atoms with Crippen LogP contribution in [0.15, 0.2) is 194 Å². The Morgan fingerprint density at radius 2 is 1.25 bits per heavy atom. The SMILES string of the molecule is CCn1c2ccccc2c2cc(-n3c(-c4ccccc4)c4c(C5=CC=CCC5)c(C5C=CC=CC5)c(C5=CCCC=C5)c(-c5ccccc5)c4c3-c3ccccc3)ccc21. The molecule has 2 heteroatoms. The van der Waals surface area contributed by atoms with E-state index in [1.54, 1.807) is 0 Å². The van der Waals surface area contributed by atoms with Crippen LogP contribution in [-0.2, 0) is 6.54 Å². The minimum Gasteiger partial charge on any atom is -0.341 e. The summed E-state index contributed by atoms with van der Waals surface area (Å²) in [6.45, 7) is 3.17. The molecule has 0 fully saturated rings. The first kappa shape index (κ1) is 36.2. The zero-order valence-corrected chi connectivity index (χ0v) is 34.2. The van der Waals surface area contributed by atoms with Gasteiger partial charge in [-0.25, -0.2) is 0 Å². The van der Waals surface area contributed by atoms with Crippen molar-refractivity contribution in [1.82, 2.24) is 9.13 Å². The van der Waals surface area contributed by atoms with Crippen molar-refractivity contribution in [2.45, 2.75) is 51.5 Å². The van der Waals surface area contributed by atoms with Gasteiger partial charge in [-0.1, -0.05) is 170 Å². The first-order chi connectivity index (χ1) is 29.8. The second kappa shape index (κ2) is 15.4. The van der Waals surface area contributed by atoms with E-state index in [9.17, 15) is 0 Å². The average Bonchev–Trinajstić information content (AvgIpc) is 3.85. The predicted octanol–water partition coefficient (Wildman–Crippen LogP) is 15.8. The number of aryl methyl sites for hydroxylation is 1. The van der Waals surface area contributed by atoms with Crippen molar-refractivity contribution >= 4 is 43.7 Å². The molecule has 1 unspecified atom stereocenters. The second-order valence-electron chi connectivity index (χ2n) is 16.3. The Kier molecular flexibility index (Phi) is 9.27. The zero-order chi connectivity index (χ0) is 40.0. The van der Waals surface area contributed by atoms with E-state index in [-0.39, 0.29) is 5.92 Å². The molecular formula is C58H48N2. The number of allylic oxidation sites excluding steroid dienone is 12. The van der Waals surface area contributed by atoms with E-state index in [0.29, 0.717) is 0 Å². The normalized spacial score (nSPS) is 16.2. The van der Waals surface area contributed by atoms with Crippen LogP contribution in [0.2, 0.25) is 0 Å². The van der Waals surface area contributed by atoms with Crippen LogP contribution in [0.3, 0.4) is 0 Å². The molecule has 0 spiro atoms. The van der Waals surface area contributed by atoms with Crippen LogP contribution in [0.25, 0.3) is 83.1 Å². The van der Waals surface area contributed by atoms with Gasteiger partial charge in [-0.2, -0.15) is 0 Å². The molecule has 0 saturated heterocycles. The van der Waals surface area contributed by atoms with E-state index < -0.39 is 0 Å². The number of benzene rings is 6. The zero-order valence-electron chi connectivity index (χ0n) is 34.2. The summed E-state index contributed by atoms with van der Waals surface area (Å²) in [5.74, 6) is 0.207. The monoisotopic (exact) mass is 772 g/mol. The Hall–Kier alpha value is -6.90. The summed E-state index contributed by atoms with van der Waals surface area (Å²) in [4.78, 5) is 0. The molecule has 3 aliphatic rings. The van der Waals surface area contributed by atoms with Crippen LogP contribution >= 0.6 is 0 Å². The molecule has 290 valence electrons. The summed E-state index contributed by atoms with van der Waals surface area (Å²) >= 11 is 0. The summed E-state index contributed by atoms with van der Waals surface area (Å²) in [7, 11) is 0. The van der Waals surface area contributed by atoms with E-state index in [2.05, 4.69) is 210 Å². The lowest BCUT2D eigenvalue weighted by Crippen LogP contribution is -2.10. The van der Waals surface area contributed by atoms with Crippen molar-refractivity contribution in [3.63, 3.8) is 0 Å². The topological polar surface area (TPSA) is 9.86 Å². The second-order valence-corrected chi connectivity index (χ2v) is 16.3. The lowest BCUT2D eigenvalue weighted by Gasteiger charge is -2.29. The molecule has 0 bridgehead atoms. The van der Waals surface area contributed by atoms with Crippen LogP contribution < -0.4 is 0 Å². The minimum atomic E-state index is 0.207. The molecule has 0 aliphatic heterocycles. The van der Waals surface area contributed by atoms with Crippen molar-refractivity contribution in [2.75, 3.05) is 0 Å². The molecule has 2 aromatic heterocycles. The van der Waals surface area contributed by atoms with E-state index in [4.69, 9.17) is 0 Å². The van der Waals surface area contributed by atoms with Gasteiger partial charge in [-0.3, -0.25) is 0 Å². The highest BCUT2D eigenvalue weighted by Crippen LogP contribution is 2.55. The van der Waals surface area contributed by atoms with E-state index >= 15 is 0 Å². The van der Waals surface area contributed by atoms with Gasteiger partial charge in [0.15, 0.2) is 0 Å². The van der Waals surface area contributed by atoms with Crippen LogP contribution in [0.5, 0.6) is 0 Å². The molecular weight excluding hydrogens is 725 g/mol. The van der Waals surface area contributed by atoms with Gasteiger partial charge in [0.2, 0.25) is 0 Å². The Bertz CT molecular complexity index is 3120. The third kappa shape index (κ3) is 5.93. The summed E-state index contributed by atoms with van der Waals surface area (Å²) < 4.78 is 5.10. The van der Waals surface area contributed by atoms with Crippen molar-refractivity contribution in [3.05, 3.63) is 211 Å². The maximum atomic E-state index is 2.64. The lowest BCUT2D eigenvalue weighted by atomic mass is 9.73. The van der Waals surface area contributed by atoms with E-state index in [1.807, 2.05) is 0 Å². The third-order valence-corrected chi connectivity index (χ3v) is 12.9. The van der Waals surface area contributed by atoms with E-state index in [1.165, 1.54) is 99.7 Å². The summed E-state index contributed by atoms with van der Waals surface area (Å²) in [5, 5.41) is 5.21. The smallest absolute Gasteiger partial charge is 0.0620 e. The Balaban J connectivity index is 1.43. The van der Waals surface area contributed by atoms with Gasteiger partial charge < -0.3 is 9.13 Å². The number of hydrogen-bond donors (Lipinski definition) is 0. The van der Waals surface area contributed by atoms with Crippen molar-refractivity contribution < 1.29 is 0 Å². The molecule has 0 N–H and O–H groups in total. The van der Waals surface area contributed by atoms with Crippen LogP contribution in [0.4, 0.5) is 0 Å². The highest BCUT2D eigenvalue weighted by Gasteiger charge is 2.34. The van der Waals surface area contributed by atoms with Gasteiger partial charge >= 0.3 is 0 Å². The highest BCUT2D eigenvalue weighted by molar-refractivity contribution is 6.21. The first-order valence-corrected chi connectivity index (χ1v) is 21.8. The number of para-hydroxylation sites is 1. The molecule has 0 saturated carbocycles. The van der Waals surface area contributed by atoms with Gasteiger partial charge in [0, 0.05) is 50.7 Å². The predicted molar refractivity (Wildman–Crippen MR) is 257 cm³/mol. The number of hydrogen-bond acceptors (Lipinski definition) is 0. The standard InChI is InChI=1S/C58H48N2/c1-2-59-49-36-22-21-35-47(49)48-39-46(37-38-50(48)59)60-57(44-31-17-7-18-32-44)55-53(42-27-13-5-14-28-42)51(40-23-9-3-10-24-40)52(41-25-11-4-12-26-41)54(43-29-15-6-16-30-43)56(55)58(60)45-33-19-8-20-34-45/h3,5-11,13,15-23,25-27,29-40H,2,4,12,14,24,28H2,1H3. The van der Waals surface area contributed by atoms with Crippen LogP contribution in [-0.4, -0.2) is 9.13 Å². The number of fused-ring (bicyclic) bond motifs is 4. The molecule has 3 aliphatic carbocycles. The number of aromatic nitrogens is 2. The largest absolute Gasteiger partial charge is 0.341 e. The van der Waals surface area contributed by atoms with Crippen LogP contribution in [0, 0.1) is 0 Å². The quantitative estimate of drug-likeness (QED) is 0.146. The third-order valence-electron chi connectivity index (χ3n) is 12.9. The molecule has 1 atom stereocenters. The van der Waals surface area contributed by atoms with Gasteiger partial charge in [0.05, 0.1) is 11.4 Å². The summed E-state index contributed by atoms with van der Waals surface area (Å²) in [6.07, 6.45) is 28.8. The lowest BCUT2D eigenvalue weighted by molar-refractivity contribution is 0.827. The van der Waals surface area contributed by atoms with Crippen molar-refractivity contribution in [1.29, 1.82) is 0 Å². The molecule has 0 amide bonds. The fourth-order valence-electron chi connectivity index (χ4n) is 10.4. The molecule has 2 nitrogen and oxygen atoms in total. The Morgan fingerprint density at radius 1 is 0.567 bits per heavy atom. The van der Waals surface area contributed by atoms with E-state index in [0.717, 1.165) is 38.6 Å². The Morgan fingerprint density at radius 3 is 1.90 bits per heavy atom. The average molecular weight is 773 g/mol. The molecule has 11 rings (SSSR count). The molecule has 0 radical (unpaired) electrons. The highest BCUT2D eigenvalue weighted by atomic mass is 15.0. The minimum absolute atomic E-state index is 0.207. The summed E-state index contributed by atoms with van der Waals surface area (Å²) in [5.41, 5.74) is 18.1. The molecule has 2 heterocycles. The van der Waals surface area contributed by atoms with Gasteiger partial charge in [-0.15, -0.1) is 0 Å². The number of nitrogens with zero attached hydrogens (tertiary/aromatic N) is 2. The fraction of sp³-hybridized carbons (Fsp3) is 0.138. The van der Waals surface area contributed by atoms with Gasteiger partial charge in [-0.05, 0) is 113 Å². The summed E-state index contributed by atoms with van der Waals surface area (Å²) in [6, 6.07) is 49.8. The van der Waals surface area contributed by atoms with Crippen LogP contribution in [0.1, 0.15) is 61.6 Å². The first-order valence-electron chi connectivity index (χ1n) is 21.8. The molecule has 6 aromatic carbocycles. The molecule has 60 heavy (non-hydrogen) atoms. The van der Waals surface area contributed by atoms with Gasteiger partial charge in [0.1, 0.15) is 0 Å². The Labute approximate surface area is 353 Å². The van der Waals surface area contributed by atoms with Gasteiger partial charge in [0.25, 0.3) is 0 Å². The maximum absolute atomic E-state index is 2.64. The van der Waals surface area contributed by atoms with Crippen molar-refractivity contribution in [2.24, 2.45) is 0 Å². The van der Waals surface area contributed by atoms with Crippen molar-refractivity contribution in [3.8, 4) is 39.3 Å². The number of rotatable bonds is 8. The fourth-order valence-corrected chi connectivity index (χ4v) is 10.4. The maximum Gasteiger partial charge on any atom is 0.0620 e.